The van der Waals surface area contributed by atoms with Crippen molar-refractivity contribution in [1.29, 1.82) is 0 Å². The summed E-state index contributed by atoms with van der Waals surface area (Å²) in [4.78, 5) is 8.26. The third-order valence-electron chi connectivity index (χ3n) is 3.58. The van der Waals surface area contributed by atoms with Gasteiger partial charge in [-0.25, -0.2) is 4.98 Å². The van der Waals surface area contributed by atoms with E-state index < -0.39 is 13.7 Å². The summed E-state index contributed by atoms with van der Waals surface area (Å²) in [6.45, 7) is -5.23. The quantitative estimate of drug-likeness (QED) is 0.700. The molecule has 4 nitrogen and oxygen atoms in total. The largest absolute Gasteiger partial charge is 0.495 e. The zero-order valence-electron chi connectivity index (χ0n) is 18.8. The number of para-hydroxylation sites is 1. The molecule has 0 atom stereocenters. The van der Waals surface area contributed by atoms with Gasteiger partial charge in [0.25, 0.3) is 0 Å². The number of ether oxygens (including phenoxy) is 1. The van der Waals surface area contributed by atoms with Crippen LogP contribution in [0.25, 0.3) is 22.4 Å². The first-order chi connectivity index (χ1) is 13.9. The van der Waals surface area contributed by atoms with Gasteiger partial charge in [0.15, 0.2) is 0 Å². The molecule has 1 aromatic carbocycles. The van der Waals surface area contributed by atoms with Crippen molar-refractivity contribution in [3.63, 3.8) is 0 Å². The first kappa shape index (κ1) is 10.3. The number of halogens is 1. The van der Waals surface area contributed by atoms with Crippen LogP contribution in [0.5, 0.6) is 5.75 Å². The lowest BCUT2D eigenvalue weighted by Gasteiger charge is -2.15. The number of anilines is 1. The van der Waals surface area contributed by atoms with Crippen LogP contribution >= 0.6 is 11.6 Å². The van der Waals surface area contributed by atoms with Crippen molar-refractivity contribution in [2.75, 3.05) is 12.8 Å². The Kier molecular flexibility index (Phi) is 2.79. The summed E-state index contributed by atoms with van der Waals surface area (Å²) in [6.07, 6.45) is 1.08. The first-order valence-electron chi connectivity index (χ1n) is 10.0. The molecule has 0 aliphatic carbocycles. The molecule has 0 amide bonds. The molecule has 0 saturated heterocycles. The normalized spacial score (nSPS) is 15.4. The number of benzene rings is 1. The summed E-state index contributed by atoms with van der Waals surface area (Å²) in [5.41, 5.74) is 7.33. The molecule has 0 radical (unpaired) electrons. The molecule has 24 heavy (non-hydrogen) atoms. The van der Waals surface area contributed by atoms with Crippen LogP contribution < -0.4 is 10.5 Å². The van der Waals surface area contributed by atoms with Gasteiger partial charge in [0.2, 0.25) is 0 Å². The van der Waals surface area contributed by atoms with Gasteiger partial charge >= 0.3 is 0 Å². The van der Waals surface area contributed by atoms with Gasteiger partial charge in [-0.1, -0.05) is 23.7 Å². The molecule has 0 saturated carbocycles. The third-order valence-corrected chi connectivity index (χ3v) is 3.79. The highest BCUT2D eigenvalue weighted by molar-refractivity contribution is 6.29. The van der Waals surface area contributed by atoms with E-state index in [-0.39, 0.29) is 27.8 Å². The lowest BCUT2D eigenvalue weighted by molar-refractivity contribution is 0.418. The SMILES string of the molecule is [2H]C([2H])([2H])c1cnc(-c2cccc(-c3ccc(Cl)nc3N)c2OC)cc1C([2H])([2H])[2H]. The fourth-order valence-electron chi connectivity index (χ4n) is 2.45. The summed E-state index contributed by atoms with van der Waals surface area (Å²) < 4.78 is 51.7. The Morgan fingerprint density at radius 1 is 1.08 bits per heavy atom. The predicted molar refractivity (Wildman–Crippen MR) is 98.4 cm³/mol. The van der Waals surface area contributed by atoms with Gasteiger partial charge in [0.05, 0.1) is 12.8 Å². The number of pyridine rings is 2. The number of aromatic nitrogens is 2. The average Bonchev–Trinajstić information content (AvgIpc) is 2.65. The zero-order valence-corrected chi connectivity index (χ0v) is 13.6. The maximum Gasteiger partial charge on any atom is 0.136 e. The number of hydrogen-bond donors (Lipinski definition) is 1. The molecule has 2 N–H and O–H groups in total. The molecule has 0 aliphatic rings. The highest BCUT2D eigenvalue weighted by Crippen LogP contribution is 2.40. The highest BCUT2D eigenvalue weighted by atomic mass is 35.5. The second kappa shape index (κ2) is 6.49. The Morgan fingerprint density at radius 3 is 2.58 bits per heavy atom. The summed E-state index contributed by atoms with van der Waals surface area (Å²) in [5, 5.41) is 0.246. The maximum atomic E-state index is 7.76. The minimum atomic E-state index is -2.63. The Hall–Kier alpha value is -2.59. The van der Waals surface area contributed by atoms with E-state index in [1.165, 1.54) is 13.2 Å². The van der Waals surface area contributed by atoms with E-state index in [9.17, 15) is 0 Å². The molecule has 3 rings (SSSR count). The number of nitrogens with two attached hydrogens (primary N) is 1. The van der Waals surface area contributed by atoms with E-state index in [4.69, 9.17) is 30.3 Å². The van der Waals surface area contributed by atoms with Gasteiger partial charge in [0.1, 0.15) is 16.7 Å². The molecule has 0 unspecified atom stereocenters. The van der Waals surface area contributed by atoms with Gasteiger partial charge in [-0.15, -0.1) is 0 Å². The molecular weight excluding hydrogens is 322 g/mol. The van der Waals surface area contributed by atoms with Crippen LogP contribution in [0.1, 0.15) is 19.4 Å². The lowest BCUT2D eigenvalue weighted by Crippen LogP contribution is -1.98. The smallest absolute Gasteiger partial charge is 0.136 e. The predicted octanol–water partition coefficient (Wildman–Crippen LogP) is 4.67. The van der Waals surface area contributed by atoms with Gasteiger partial charge in [0, 0.05) is 31.1 Å². The summed E-state index contributed by atoms with van der Waals surface area (Å²) in [7, 11) is 1.46. The maximum absolute atomic E-state index is 7.76. The minimum Gasteiger partial charge on any atom is -0.495 e. The Morgan fingerprint density at radius 2 is 1.88 bits per heavy atom. The standard InChI is InChI=1S/C19H18ClN3O/c1-11-9-16(22-10-12(11)2)15-6-4-5-13(18(15)24-3)14-7-8-17(20)23-19(14)21/h4-10H,1-3H3,(H2,21,23)/i1D3,2D3. The number of nitrogen functional groups attached to an aromatic ring is 1. The minimum absolute atomic E-state index is 0.201. The van der Waals surface area contributed by atoms with E-state index in [2.05, 4.69) is 9.97 Å². The molecule has 5 heteroatoms. The van der Waals surface area contributed by atoms with Crippen LogP contribution in [0.15, 0.2) is 42.6 Å². The number of methoxy groups -OCH3 is 1. The van der Waals surface area contributed by atoms with Crippen LogP contribution in [0.3, 0.4) is 0 Å². The molecule has 0 fully saturated rings. The van der Waals surface area contributed by atoms with Gasteiger partial charge < -0.3 is 10.5 Å². The fourth-order valence-corrected chi connectivity index (χ4v) is 2.61. The average molecular weight is 346 g/mol. The highest BCUT2D eigenvalue weighted by Gasteiger charge is 2.16. The first-order valence-corrected chi connectivity index (χ1v) is 7.42. The lowest BCUT2D eigenvalue weighted by atomic mass is 9.99. The van der Waals surface area contributed by atoms with Crippen LogP contribution in [0.4, 0.5) is 5.82 Å². The monoisotopic (exact) mass is 345 g/mol. The van der Waals surface area contributed by atoms with Crippen molar-refractivity contribution in [3.05, 3.63) is 58.9 Å². The second-order valence-electron chi connectivity index (χ2n) is 5.07. The second-order valence-corrected chi connectivity index (χ2v) is 5.46. The zero-order chi connectivity index (χ0) is 22.3. The van der Waals surface area contributed by atoms with E-state index >= 15 is 0 Å². The summed E-state index contributed by atoms with van der Waals surface area (Å²) >= 11 is 5.89. The summed E-state index contributed by atoms with van der Waals surface area (Å²) in [6, 6.07) is 9.75. The van der Waals surface area contributed by atoms with Gasteiger partial charge in [-0.05, 0) is 49.1 Å². The van der Waals surface area contributed by atoms with Crippen LogP contribution in [-0.4, -0.2) is 17.1 Å². The van der Waals surface area contributed by atoms with Crippen LogP contribution in [0.2, 0.25) is 5.15 Å². The Bertz CT molecular complexity index is 1100. The summed E-state index contributed by atoms with van der Waals surface area (Å²) in [5.74, 6) is 0.589. The topological polar surface area (TPSA) is 61.0 Å². The fraction of sp³-hybridized carbons (Fsp3) is 0.158. The van der Waals surface area contributed by atoms with Crippen molar-refractivity contribution in [2.45, 2.75) is 13.7 Å². The van der Waals surface area contributed by atoms with E-state index in [0.29, 0.717) is 22.4 Å². The number of nitrogens with zero attached hydrogens (tertiary/aromatic N) is 2. The van der Waals surface area contributed by atoms with Crippen molar-refractivity contribution >= 4 is 17.4 Å². The third kappa shape index (κ3) is 2.93. The molecular formula is C19H18ClN3O. The number of hydrogen-bond acceptors (Lipinski definition) is 4. The van der Waals surface area contributed by atoms with E-state index in [1.807, 2.05) is 0 Å². The van der Waals surface area contributed by atoms with Crippen molar-refractivity contribution in [2.24, 2.45) is 0 Å². The Balaban J connectivity index is 2.24. The molecule has 0 bridgehead atoms. The number of aryl methyl sites for hydroxylation is 2. The molecule has 3 aromatic rings. The molecule has 122 valence electrons. The number of rotatable bonds is 3. The van der Waals surface area contributed by atoms with Gasteiger partial charge in [-0.3, -0.25) is 4.98 Å². The molecule has 2 heterocycles. The van der Waals surface area contributed by atoms with Crippen molar-refractivity contribution in [3.8, 4) is 28.1 Å². The van der Waals surface area contributed by atoms with Crippen LogP contribution in [-0.2, 0) is 0 Å². The van der Waals surface area contributed by atoms with Crippen molar-refractivity contribution < 1.29 is 13.0 Å². The van der Waals surface area contributed by atoms with Crippen molar-refractivity contribution in [1.82, 2.24) is 9.97 Å². The van der Waals surface area contributed by atoms with Gasteiger partial charge in [-0.2, -0.15) is 0 Å². The van der Waals surface area contributed by atoms with Crippen LogP contribution in [0, 0.1) is 13.7 Å². The van der Waals surface area contributed by atoms with E-state index in [1.54, 1.807) is 30.3 Å². The molecule has 0 aliphatic heterocycles. The van der Waals surface area contributed by atoms with E-state index in [0.717, 1.165) is 6.20 Å². The Labute approximate surface area is 154 Å². The molecule has 2 aromatic heterocycles. The molecule has 0 spiro atoms.